The first-order valence-electron chi connectivity index (χ1n) is 11.1. The lowest BCUT2D eigenvalue weighted by Crippen LogP contribution is -2.08. The molecular formula is C28H30N2O2. The van der Waals surface area contributed by atoms with Gasteiger partial charge in [0.05, 0.1) is 0 Å². The van der Waals surface area contributed by atoms with Crippen LogP contribution in [-0.4, -0.2) is 11.8 Å². The van der Waals surface area contributed by atoms with Crippen molar-refractivity contribution in [3.8, 4) is 0 Å². The fraction of sp³-hybridized carbons (Fsp3) is 0.214. The highest BCUT2D eigenvalue weighted by Gasteiger charge is 2.11. The number of carbonyl (C=O) groups excluding carboxylic acids is 2. The van der Waals surface area contributed by atoms with E-state index in [4.69, 9.17) is 11.5 Å². The van der Waals surface area contributed by atoms with Crippen molar-refractivity contribution >= 4 is 54.9 Å². The molecule has 0 aliphatic rings. The van der Waals surface area contributed by atoms with Crippen LogP contribution in [0.25, 0.3) is 43.1 Å². The van der Waals surface area contributed by atoms with Gasteiger partial charge < -0.3 is 11.5 Å². The van der Waals surface area contributed by atoms with E-state index < -0.39 is 0 Å². The summed E-state index contributed by atoms with van der Waals surface area (Å²) in [7, 11) is 0. The second-order valence-electron chi connectivity index (χ2n) is 7.85. The van der Waals surface area contributed by atoms with Crippen LogP contribution in [0.5, 0.6) is 0 Å². The Morgan fingerprint density at radius 1 is 0.562 bits per heavy atom. The van der Waals surface area contributed by atoms with E-state index in [2.05, 4.69) is 72.8 Å². The summed E-state index contributed by atoms with van der Waals surface area (Å²) < 4.78 is 0. The molecule has 0 aliphatic heterocycles. The number of nitrogens with two attached hydrogens (primary N) is 2. The van der Waals surface area contributed by atoms with Gasteiger partial charge in [0, 0.05) is 12.8 Å². The molecule has 2 amide bonds. The maximum Gasteiger partial charge on any atom is 0.217 e. The molecule has 0 aromatic heterocycles. The van der Waals surface area contributed by atoms with Gasteiger partial charge in [0.1, 0.15) is 0 Å². The molecule has 0 saturated carbocycles. The molecule has 0 bridgehead atoms. The molecule has 4 N–H and O–H groups in total. The van der Waals surface area contributed by atoms with Crippen LogP contribution in [0.4, 0.5) is 0 Å². The highest BCUT2D eigenvalue weighted by Crippen LogP contribution is 2.39. The van der Waals surface area contributed by atoms with Crippen LogP contribution in [-0.2, 0) is 9.59 Å². The fourth-order valence-electron chi connectivity index (χ4n) is 4.07. The van der Waals surface area contributed by atoms with Crippen molar-refractivity contribution in [2.24, 2.45) is 11.5 Å². The first-order chi connectivity index (χ1) is 15.5. The van der Waals surface area contributed by atoms with Gasteiger partial charge in [0.2, 0.25) is 11.8 Å². The molecule has 4 nitrogen and oxygen atoms in total. The van der Waals surface area contributed by atoms with Crippen molar-refractivity contribution in [1.82, 2.24) is 0 Å². The second kappa shape index (κ2) is 10.6. The first kappa shape index (κ1) is 23.0. The highest BCUT2D eigenvalue weighted by atomic mass is 16.1. The molecule has 0 radical (unpaired) electrons. The minimum Gasteiger partial charge on any atom is -0.370 e. The number of benzene rings is 5. The largest absolute Gasteiger partial charge is 0.370 e. The third kappa shape index (κ3) is 4.97. The Morgan fingerprint density at radius 2 is 0.844 bits per heavy atom. The molecule has 5 rings (SSSR count). The van der Waals surface area contributed by atoms with Gasteiger partial charge in [-0.15, -0.1) is 0 Å². The van der Waals surface area contributed by atoms with Crippen molar-refractivity contribution in [3.63, 3.8) is 0 Å². The van der Waals surface area contributed by atoms with Crippen LogP contribution < -0.4 is 11.5 Å². The van der Waals surface area contributed by atoms with Crippen LogP contribution >= 0.6 is 0 Å². The molecule has 4 heteroatoms. The Morgan fingerprint density at radius 3 is 1.03 bits per heavy atom. The van der Waals surface area contributed by atoms with Gasteiger partial charge in [-0.05, 0) is 55.9 Å². The summed E-state index contributed by atoms with van der Waals surface area (Å²) in [4.78, 5) is 19.6. The predicted molar refractivity (Wildman–Crippen MR) is 136 cm³/mol. The van der Waals surface area contributed by atoms with Crippen molar-refractivity contribution in [3.05, 3.63) is 72.8 Å². The van der Waals surface area contributed by atoms with Gasteiger partial charge in [0.25, 0.3) is 0 Å². The summed E-state index contributed by atoms with van der Waals surface area (Å²) in [6, 6.07) is 26.4. The lowest BCUT2D eigenvalue weighted by Gasteiger charge is -2.13. The number of fused-ring (bicyclic) bond motifs is 2. The van der Waals surface area contributed by atoms with Crippen LogP contribution in [0.1, 0.15) is 39.5 Å². The third-order valence-corrected chi connectivity index (χ3v) is 5.38. The maximum absolute atomic E-state index is 9.82. The number of rotatable bonds is 4. The molecule has 0 atom stereocenters. The molecule has 5 aromatic carbocycles. The highest BCUT2D eigenvalue weighted by molar-refractivity contribution is 6.32. The SMILES string of the molecule is CCCC(N)=O.CCCC(N)=O.c1cc2cccc3c4cccc5cccc(c(c1)c23)c54. The molecule has 5 aromatic rings. The Kier molecular flexibility index (Phi) is 7.61. The second-order valence-corrected chi connectivity index (χ2v) is 7.85. The molecule has 0 unspecified atom stereocenters. The van der Waals surface area contributed by atoms with E-state index in [1.165, 1.54) is 43.1 Å². The van der Waals surface area contributed by atoms with E-state index in [0.717, 1.165) is 12.8 Å². The minimum atomic E-state index is -0.211. The molecule has 0 heterocycles. The van der Waals surface area contributed by atoms with Crippen LogP contribution in [0.3, 0.4) is 0 Å². The summed E-state index contributed by atoms with van der Waals surface area (Å²) in [5.74, 6) is -0.421. The van der Waals surface area contributed by atoms with Gasteiger partial charge >= 0.3 is 0 Å². The number of primary amides is 2. The fourth-order valence-corrected chi connectivity index (χ4v) is 4.07. The van der Waals surface area contributed by atoms with Crippen molar-refractivity contribution < 1.29 is 9.59 Å². The smallest absolute Gasteiger partial charge is 0.217 e. The zero-order valence-corrected chi connectivity index (χ0v) is 18.7. The van der Waals surface area contributed by atoms with E-state index in [1.54, 1.807) is 0 Å². The van der Waals surface area contributed by atoms with Crippen LogP contribution in [0, 0.1) is 0 Å². The molecule has 32 heavy (non-hydrogen) atoms. The van der Waals surface area contributed by atoms with Gasteiger partial charge in [-0.1, -0.05) is 86.6 Å². The van der Waals surface area contributed by atoms with Crippen molar-refractivity contribution in [2.75, 3.05) is 0 Å². The number of carbonyl (C=O) groups is 2. The first-order valence-corrected chi connectivity index (χ1v) is 11.1. The standard InChI is InChI=1S/C20H12.2C4H9NO/c1-5-13-6-2-11-17-18-12-4-8-14-7-3-10-16(20(14)18)15(9-1)19(13)17;2*1-2-3-4(5)6/h1-12H;2*2-3H2,1H3,(H2,5,6). The minimum absolute atomic E-state index is 0.211. The molecular weight excluding hydrogens is 396 g/mol. The number of amides is 2. The van der Waals surface area contributed by atoms with E-state index in [9.17, 15) is 9.59 Å². The number of hydrogen-bond acceptors (Lipinski definition) is 2. The van der Waals surface area contributed by atoms with E-state index in [-0.39, 0.29) is 11.8 Å². The lowest BCUT2D eigenvalue weighted by atomic mass is 9.90. The zero-order chi connectivity index (χ0) is 23.1. The maximum atomic E-state index is 9.82. The molecule has 0 spiro atoms. The van der Waals surface area contributed by atoms with Gasteiger partial charge in [-0.25, -0.2) is 0 Å². The third-order valence-electron chi connectivity index (χ3n) is 5.38. The summed E-state index contributed by atoms with van der Waals surface area (Å²) in [5.41, 5.74) is 9.53. The zero-order valence-electron chi connectivity index (χ0n) is 18.7. The van der Waals surface area contributed by atoms with E-state index >= 15 is 0 Å². The summed E-state index contributed by atoms with van der Waals surface area (Å²) in [6.07, 6.45) is 2.74. The Labute approximate surface area is 188 Å². The van der Waals surface area contributed by atoms with Gasteiger partial charge in [-0.2, -0.15) is 0 Å². The normalized spacial score (nSPS) is 10.6. The molecule has 164 valence electrons. The van der Waals surface area contributed by atoms with Gasteiger partial charge in [0.15, 0.2) is 0 Å². The summed E-state index contributed by atoms with van der Waals surface area (Å²) >= 11 is 0. The number of hydrogen-bond donors (Lipinski definition) is 2. The summed E-state index contributed by atoms with van der Waals surface area (Å²) in [6.45, 7) is 3.84. The molecule has 0 aliphatic carbocycles. The quantitative estimate of drug-likeness (QED) is 0.262. The van der Waals surface area contributed by atoms with Gasteiger partial charge in [-0.3, -0.25) is 9.59 Å². The Hall–Kier alpha value is -3.66. The summed E-state index contributed by atoms with van der Waals surface area (Å²) in [5, 5.41) is 10.9. The molecule has 0 fully saturated rings. The van der Waals surface area contributed by atoms with E-state index in [1.807, 2.05) is 13.8 Å². The van der Waals surface area contributed by atoms with Crippen LogP contribution in [0.2, 0.25) is 0 Å². The average Bonchev–Trinajstić information content (AvgIpc) is 2.78. The average molecular weight is 427 g/mol. The monoisotopic (exact) mass is 426 g/mol. The van der Waals surface area contributed by atoms with E-state index in [0.29, 0.717) is 12.8 Å². The Balaban J connectivity index is 0.000000203. The van der Waals surface area contributed by atoms with Crippen molar-refractivity contribution in [1.29, 1.82) is 0 Å². The molecule has 0 saturated heterocycles. The Bertz CT molecular complexity index is 1170. The lowest BCUT2D eigenvalue weighted by molar-refractivity contribution is -0.118. The van der Waals surface area contributed by atoms with Crippen molar-refractivity contribution in [2.45, 2.75) is 39.5 Å². The topological polar surface area (TPSA) is 86.2 Å². The predicted octanol–water partition coefficient (Wildman–Crippen LogP) is 6.28. The van der Waals surface area contributed by atoms with Crippen LogP contribution in [0.15, 0.2) is 72.8 Å².